The molecule has 2 atom stereocenters. The molecule has 2 saturated heterocycles. The predicted octanol–water partition coefficient (Wildman–Crippen LogP) is 0.773. The van der Waals surface area contributed by atoms with Crippen molar-refractivity contribution in [2.75, 3.05) is 18.4 Å². The molecule has 3 N–H and O–H groups in total. The number of anilines is 1. The summed E-state index contributed by atoms with van der Waals surface area (Å²) in [7, 11) is 0. The molecule has 4 amide bonds. The van der Waals surface area contributed by atoms with E-state index in [0.29, 0.717) is 18.8 Å². The molecule has 142 valence electrons. The molecule has 0 saturated carbocycles. The van der Waals surface area contributed by atoms with Crippen LogP contribution in [0.4, 0.5) is 10.6 Å². The first-order valence-corrected chi connectivity index (χ1v) is 9.13. The summed E-state index contributed by atoms with van der Waals surface area (Å²) in [4.78, 5) is 37.8. The van der Waals surface area contributed by atoms with Gasteiger partial charge in [0.1, 0.15) is 11.9 Å². The second-order valence-electron chi connectivity index (χ2n) is 6.90. The van der Waals surface area contributed by atoms with Gasteiger partial charge in [0.25, 0.3) is 0 Å². The highest BCUT2D eigenvalue weighted by Crippen LogP contribution is 2.23. The number of hydrogen-bond donors (Lipinski definition) is 3. The number of rotatable bonds is 5. The van der Waals surface area contributed by atoms with E-state index in [9.17, 15) is 14.4 Å². The predicted molar refractivity (Wildman–Crippen MR) is 95.7 cm³/mol. The summed E-state index contributed by atoms with van der Waals surface area (Å²) in [6, 6.07) is 0.972. The molecule has 3 rings (SSSR count). The minimum atomic E-state index is -0.487. The monoisotopic (exact) mass is 362 g/mol. The van der Waals surface area contributed by atoms with Crippen LogP contribution in [0.3, 0.4) is 0 Å². The Morgan fingerprint density at radius 2 is 2.12 bits per heavy atom. The highest BCUT2D eigenvalue weighted by Gasteiger charge is 2.42. The Kier molecular flexibility index (Phi) is 5.15. The lowest BCUT2D eigenvalue weighted by atomic mass is 10.1. The van der Waals surface area contributed by atoms with Gasteiger partial charge in [-0.25, -0.2) is 9.48 Å². The average molecular weight is 362 g/mol. The number of amides is 4. The number of nitrogens with zero attached hydrogens (tertiary/aromatic N) is 3. The van der Waals surface area contributed by atoms with E-state index in [1.165, 1.54) is 0 Å². The number of nitrogens with one attached hydrogen (secondary N) is 3. The molecule has 1 aromatic rings. The topological polar surface area (TPSA) is 108 Å². The zero-order valence-corrected chi connectivity index (χ0v) is 15.4. The van der Waals surface area contributed by atoms with Crippen molar-refractivity contribution in [3.05, 3.63) is 11.8 Å². The molecule has 0 bridgehead atoms. The SMILES string of the molecule is CCC(CC)n1nc(C)cc1NC(=O)N[C@@H]1C[C@H]2C(=O)NCC(=O)N2C1. The summed E-state index contributed by atoms with van der Waals surface area (Å²) in [6.07, 6.45) is 2.27. The largest absolute Gasteiger partial charge is 0.345 e. The number of hydrogen-bond acceptors (Lipinski definition) is 4. The third kappa shape index (κ3) is 3.51. The van der Waals surface area contributed by atoms with Crippen LogP contribution >= 0.6 is 0 Å². The Bertz CT molecular complexity index is 687. The highest BCUT2D eigenvalue weighted by atomic mass is 16.2. The van der Waals surface area contributed by atoms with Crippen molar-refractivity contribution in [3.63, 3.8) is 0 Å². The minimum absolute atomic E-state index is 0.0299. The molecule has 3 heterocycles. The molecule has 0 radical (unpaired) electrons. The second kappa shape index (κ2) is 7.35. The van der Waals surface area contributed by atoms with Gasteiger partial charge in [0.2, 0.25) is 11.8 Å². The number of urea groups is 1. The molecule has 2 fully saturated rings. The van der Waals surface area contributed by atoms with Crippen LogP contribution in [-0.2, 0) is 9.59 Å². The third-order valence-electron chi connectivity index (χ3n) is 5.06. The molecule has 0 aliphatic carbocycles. The summed E-state index contributed by atoms with van der Waals surface area (Å²) < 4.78 is 1.85. The third-order valence-corrected chi connectivity index (χ3v) is 5.06. The molecule has 2 aliphatic heterocycles. The molecule has 2 aliphatic rings. The lowest BCUT2D eigenvalue weighted by Crippen LogP contribution is -2.55. The maximum absolute atomic E-state index is 12.4. The maximum Gasteiger partial charge on any atom is 0.320 e. The average Bonchev–Trinajstić information content (AvgIpc) is 3.17. The number of piperazine rings is 1. The van der Waals surface area contributed by atoms with E-state index in [2.05, 4.69) is 34.9 Å². The number of fused-ring (bicyclic) bond motifs is 1. The van der Waals surface area contributed by atoms with Gasteiger partial charge in [0, 0.05) is 12.6 Å². The number of aromatic nitrogens is 2. The summed E-state index contributed by atoms with van der Waals surface area (Å²) in [5.74, 6) is 0.386. The Morgan fingerprint density at radius 3 is 2.77 bits per heavy atom. The van der Waals surface area contributed by atoms with Crippen LogP contribution in [0.5, 0.6) is 0 Å². The molecular weight excluding hydrogens is 336 g/mol. The molecular formula is C17H26N6O3. The van der Waals surface area contributed by atoms with E-state index in [0.717, 1.165) is 18.5 Å². The first-order valence-electron chi connectivity index (χ1n) is 9.13. The van der Waals surface area contributed by atoms with Crippen LogP contribution in [-0.4, -0.2) is 57.7 Å². The van der Waals surface area contributed by atoms with Crippen molar-refractivity contribution in [2.45, 2.75) is 58.2 Å². The van der Waals surface area contributed by atoms with Crippen LogP contribution in [0.25, 0.3) is 0 Å². The van der Waals surface area contributed by atoms with Crippen molar-refractivity contribution in [1.82, 2.24) is 25.3 Å². The Hall–Kier alpha value is -2.58. The summed E-state index contributed by atoms with van der Waals surface area (Å²) in [6.45, 7) is 6.45. The first-order chi connectivity index (χ1) is 12.4. The molecule has 9 nitrogen and oxygen atoms in total. The van der Waals surface area contributed by atoms with Crippen LogP contribution in [0.15, 0.2) is 6.07 Å². The van der Waals surface area contributed by atoms with Gasteiger partial charge in [-0.05, 0) is 26.2 Å². The van der Waals surface area contributed by atoms with Gasteiger partial charge in [0.15, 0.2) is 0 Å². The first kappa shape index (κ1) is 18.2. The molecule has 9 heteroatoms. The van der Waals surface area contributed by atoms with Crippen molar-refractivity contribution in [3.8, 4) is 0 Å². The van der Waals surface area contributed by atoms with Gasteiger partial charge in [-0.1, -0.05) is 13.8 Å². The van der Waals surface area contributed by atoms with Gasteiger partial charge in [-0.15, -0.1) is 0 Å². The maximum atomic E-state index is 12.4. The normalized spacial score (nSPS) is 22.4. The second-order valence-corrected chi connectivity index (χ2v) is 6.90. The standard InChI is InChI=1S/C17H26N6O3/c1-4-12(5-2)23-14(6-10(3)21-23)20-17(26)19-11-7-13-16(25)18-8-15(24)22(13)9-11/h6,11-13H,4-5,7-9H2,1-3H3,(H,18,25)(H2,19,20,26)/t11-,13+/m1/s1. The van der Waals surface area contributed by atoms with Crippen molar-refractivity contribution in [2.24, 2.45) is 0 Å². The quantitative estimate of drug-likeness (QED) is 0.719. The highest BCUT2D eigenvalue weighted by molar-refractivity contribution is 5.95. The van der Waals surface area contributed by atoms with Gasteiger partial charge >= 0.3 is 6.03 Å². The van der Waals surface area contributed by atoms with Crippen LogP contribution in [0.2, 0.25) is 0 Å². The zero-order valence-electron chi connectivity index (χ0n) is 15.4. The minimum Gasteiger partial charge on any atom is -0.345 e. The van der Waals surface area contributed by atoms with E-state index in [1.807, 2.05) is 17.7 Å². The van der Waals surface area contributed by atoms with E-state index >= 15 is 0 Å². The van der Waals surface area contributed by atoms with Crippen molar-refractivity contribution < 1.29 is 14.4 Å². The summed E-state index contributed by atoms with van der Waals surface area (Å²) in [5, 5.41) is 12.8. The molecule has 0 unspecified atom stereocenters. The molecule has 0 spiro atoms. The van der Waals surface area contributed by atoms with Gasteiger partial charge in [-0.3, -0.25) is 14.9 Å². The fourth-order valence-corrected chi connectivity index (χ4v) is 3.71. The Labute approximate surface area is 152 Å². The zero-order chi connectivity index (χ0) is 18.8. The van der Waals surface area contributed by atoms with Gasteiger partial charge < -0.3 is 15.5 Å². The Morgan fingerprint density at radius 1 is 1.38 bits per heavy atom. The van der Waals surface area contributed by atoms with Gasteiger partial charge in [0.05, 0.1) is 24.3 Å². The van der Waals surface area contributed by atoms with Gasteiger partial charge in [-0.2, -0.15) is 5.10 Å². The summed E-state index contributed by atoms with van der Waals surface area (Å²) in [5.41, 5.74) is 0.840. The summed E-state index contributed by atoms with van der Waals surface area (Å²) >= 11 is 0. The van der Waals surface area contributed by atoms with E-state index in [4.69, 9.17) is 0 Å². The van der Waals surface area contributed by atoms with E-state index in [1.54, 1.807) is 4.90 Å². The molecule has 1 aromatic heterocycles. The lowest BCUT2D eigenvalue weighted by Gasteiger charge is -2.28. The lowest BCUT2D eigenvalue weighted by molar-refractivity contribution is -0.143. The van der Waals surface area contributed by atoms with E-state index in [-0.39, 0.29) is 36.5 Å². The fraction of sp³-hybridized carbons (Fsp3) is 0.647. The fourth-order valence-electron chi connectivity index (χ4n) is 3.71. The Balaban J connectivity index is 1.63. The van der Waals surface area contributed by atoms with Crippen molar-refractivity contribution >= 4 is 23.7 Å². The molecule has 0 aromatic carbocycles. The molecule has 26 heavy (non-hydrogen) atoms. The number of carbonyl (C=O) groups excluding carboxylic acids is 3. The van der Waals surface area contributed by atoms with Crippen LogP contribution in [0.1, 0.15) is 44.8 Å². The van der Waals surface area contributed by atoms with E-state index < -0.39 is 6.04 Å². The van der Waals surface area contributed by atoms with Crippen LogP contribution < -0.4 is 16.0 Å². The smallest absolute Gasteiger partial charge is 0.320 e. The number of carbonyl (C=O) groups is 3. The van der Waals surface area contributed by atoms with Crippen LogP contribution in [0, 0.1) is 6.92 Å². The number of aryl methyl sites for hydroxylation is 1. The van der Waals surface area contributed by atoms with Crippen molar-refractivity contribution in [1.29, 1.82) is 0 Å².